The van der Waals surface area contributed by atoms with Crippen molar-refractivity contribution >= 4 is 40.4 Å². The summed E-state index contributed by atoms with van der Waals surface area (Å²) < 4.78 is 1.51. The Morgan fingerprint density at radius 1 is 1.04 bits per heavy atom. The Morgan fingerprint density at radius 3 is 2.29 bits per heavy atom. The molecule has 0 radical (unpaired) electrons. The van der Waals surface area contributed by atoms with Gasteiger partial charge < -0.3 is 10.2 Å². The molecule has 7 heteroatoms. The van der Waals surface area contributed by atoms with Gasteiger partial charge in [0.15, 0.2) is 0 Å². The molecule has 0 bridgehead atoms. The van der Waals surface area contributed by atoms with Crippen molar-refractivity contribution in [3.05, 3.63) is 69.3 Å². The molecule has 1 N–H and O–H groups in total. The molecule has 28 heavy (non-hydrogen) atoms. The molecule has 0 spiro atoms. The topological polar surface area (TPSA) is 54.3 Å². The zero-order valence-electron chi connectivity index (χ0n) is 15.6. The van der Waals surface area contributed by atoms with Crippen molar-refractivity contribution in [2.24, 2.45) is 0 Å². The quantitative estimate of drug-likeness (QED) is 0.623. The van der Waals surface area contributed by atoms with Gasteiger partial charge in [-0.3, -0.25) is 14.2 Å². The van der Waals surface area contributed by atoms with Crippen LogP contribution in [0, 0.1) is 6.92 Å². The summed E-state index contributed by atoms with van der Waals surface area (Å²) >= 11 is 2.92. The second-order valence-electron chi connectivity index (χ2n) is 6.62. The standard InChI is InChI=1S/C21H21N3O2S2/c1-15-14-27-21(26)24(15)13-20(25)22-11-6-12-23-16-7-2-4-9-18(16)28-19-10-5-3-8-17(19)23/h2-5,7-10,14H,6,11-13H2,1H3,(H,22,25). The first-order chi connectivity index (χ1) is 13.6. The maximum absolute atomic E-state index is 12.2. The maximum Gasteiger partial charge on any atom is 0.307 e. The molecule has 0 saturated heterocycles. The van der Waals surface area contributed by atoms with Crippen molar-refractivity contribution in [3.63, 3.8) is 0 Å². The fraction of sp³-hybridized carbons (Fsp3) is 0.238. The van der Waals surface area contributed by atoms with E-state index in [1.54, 1.807) is 17.1 Å². The second kappa shape index (κ2) is 8.24. The minimum atomic E-state index is -0.126. The number of amides is 1. The SMILES string of the molecule is Cc1csc(=O)n1CC(=O)NCCCN1c2ccccc2Sc2ccccc21. The normalized spacial score (nSPS) is 12.4. The first-order valence-electron chi connectivity index (χ1n) is 9.18. The number of carbonyl (C=O) groups is 1. The van der Waals surface area contributed by atoms with Gasteiger partial charge in [-0.05, 0) is 37.6 Å². The Labute approximate surface area is 172 Å². The molecule has 4 rings (SSSR count). The van der Waals surface area contributed by atoms with Crippen LogP contribution >= 0.6 is 23.1 Å². The average Bonchev–Trinajstić information content (AvgIpc) is 3.02. The molecule has 0 atom stereocenters. The third kappa shape index (κ3) is 3.86. The molecule has 0 saturated carbocycles. The highest BCUT2D eigenvalue weighted by Crippen LogP contribution is 2.47. The van der Waals surface area contributed by atoms with Gasteiger partial charge in [0.1, 0.15) is 6.54 Å². The van der Waals surface area contributed by atoms with Gasteiger partial charge in [0.05, 0.1) is 11.4 Å². The molecule has 5 nitrogen and oxygen atoms in total. The highest BCUT2D eigenvalue weighted by molar-refractivity contribution is 7.99. The minimum Gasteiger partial charge on any atom is -0.354 e. The van der Waals surface area contributed by atoms with Gasteiger partial charge in [0.2, 0.25) is 5.91 Å². The largest absolute Gasteiger partial charge is 0.354 e. The zero-order valence-corrected chi connectivity index (χ0v) is 17.2. The van der Waals surface area contributed by atoms with E-state index in [4.69, 9.17) is 0 Å². The lowest BCUT2D eigenvalue weighted by Crippen LogP contribution is -2.33. The van der Waals surface area contributed by atoms with E-state index in [1.165, 1.54) is 25.7 Å². The molecule has 144 valence electrons. The van der Waals surface area contributed by atoms with Crippen LogP contribution in [0.1, 0.15) is 12.1 Å². The van der Waals surface area contributed by atoms with E-state index in [0.29, 0.717) is 6.54 Å². The van der Waals surface area contributed by atoms with E-state index >= 15 is 0 Å². The van der Waals surface area contributed by atoms with Crippen molar-refractivity contribution in [1.82, 2.24) is 9.88 Å². The molecule has 2 heterocycles. The summed E-state index contributed by atoms with van der Waals surface area (Å²) in [5, 5.41) is 4.71. The van der Waals surface area contributed by atoms with Crippen LogP contribution in [0.4, 0.5) is 11.4 Å². The van der Waals surface area contributed by atoms with Crippen molar-refractivity contribution in [2.45, 2.75) is 29.7 Å². The van der Waals surface area contributed by atoms with Crippen LogP contribution in [0.5, 0.6) is 0 Å². The summed E-state index contributed by atoms with van der Waals surface area (Å²) in [5.74, 6) is -0.126. The van der Waals surface area contributed by atoms with Crippen molar-refractivity contribution in [2.75, 3.05) is 18.0 Å². The molecule has 2 aromatic carbocycles. The number of aryl methyl sites for hydroxylation is 1. The molecule has 0 aliphatic carbocycles. The summed E-state index contributed by atoms with van der Waals surface area (Å²) in [5.41, 5.74) is 3.24. The van der Waals surface area contributed by atoms with Gasteiger partial charge in [-0.1, -0.05) is 47.4 Å². The number of anilines is 2. The predicted molar refractivity (Wildman–Crippen MR) is 115 cm³/mol. The number of thiazole rings is 1. The van der Waals surface area contributed by atoms with E-state index in [2.05, 4.69) is 58.7 Å². The number of hydrogen-bond acceptors (Lipinski definition) is 5. The highest BCUT2D eigenvalue weighted by atomic mass is 32.2. The fourth-order valence-corrected chi connectivity index (χ4v) is 5.11. The van der Waals surface area contributed by atoms with E-state index in [-0.39, 0.29) is 17.3 Å². The maximum atomic E-state index is 12.2. The molecule has 3 aromatic rings. The number of aromatic nitrogens is 1. The van der Waals surface area contributed by atoms with E-state index in [9.17, 15) is 9.59 Å². The Hall–Kier alpha value is -2.51. The van der Waals surface area contributed by atoms with E-state index < -0.39 is 0 Å². The van der Waals surface area contributed by atoms with Crippen molar-refractivity contribution in [1.29, 1.82) is 0 Å². The van der Waals surface area contributed by atoms with Gasteiger partial charge in [-0.25, -0.2) is 0 Å². The predicted octanol–water partition coefficient (Wildman–Crippen LogP) is 4.03. The van der Waals surface area contributed by atoms with Crippen molar-refractivity contribution in [3.8, 4) is 0 Å². The Balaban J connectivity index is 1.38. The molecule has 1 aromatic heterocycles. The van der Waals surface area contributed by atoms with Gasteiger partial charge in [-0.15, -0.1) is 0 Å². The number of benzene rings is 2. The molecule has 0 unspecified atom stereocenters. The molecule has 0 fully saturated rings. The number of rotatable bonds is 6. The average molecular weight is 412 g/mol. The number of nitrogens with zero attached hydrogens (tertiary/aromatic N) is 2. The fourth-order valence-electron chi connectivity index (χ4n) is 3.28. The first-order valence-corrected chi connectivity index (χ1v) is 10.9. The van der Waals surface area contributed by atoms with Gasteiger partial charge in [0.25, 0.3) is 0 Å². The van der Waals surface area contributed by atoms with Crippen LogP contribution in [0.15, 0.2) is 68.5 Å². The van der Waals surface area contributed by atoms with Crippen LogP contribution in [-0.4, -0.2) is 23.6 Å². The Bertz CT molecular complexity index is 1010. The molecule has 1 aliphatic rings. The van der Waals surface area contributed by atoms with Gasteiger partial charge in [-0.2, -0.15) is 0 Å². The van der Waals surface area contributed by atoms with Crippen LogP contribution in [0.2, 0.25) is 0 Å². The lowest BCUT2D eigenvalue weighted by Gasteiger charge is -2.32. The number of para-hydroxylation sites is 2. The summed E-state index contributed by atoms with van der Waals surface area (Å²) in [6.45, 7) is 3.31. The lowest BCUT2D eigenvalue weighted by atomic mass is 10.2. The van der Waals surface area contributed by atoms with Crippen LogP contribution in [0.25, 0.3) is 0 Å². The summed E-state index contributed by atoms with van der Waals surface area (Å²) in [4.78, 5) is 28.6. The van der Waals surface area contributed by atoms with Crippen LogP contribution in [0.3, 0.4) is 0 Å². The van der Waals surface area contributed by atoms with Gasteiger partial charge in [0, 0.05) is 34.0 Å². The minimum absolute atomic E-state index is 0.0835. The highest BCUT2D eigenvalue weighted by Gasteiger charge is 2.22. The smallest absolute Gasteiger partial charge is 0.307 e. The zero-order chi connectivity index (χ0) is 19.5. The van der Waals surface area contributed by atoms with E-state index in [1.807, 2.05) is 6.92 Å². The second-order valence-corrected chi connectivity index (χ2v) is 8.53. The number of hydrogen-bond donors (Lipinski definition) is 1. The van der Waals surface area contributed by atoms with Gasteiger partial charge >= 0.3 is 4.87 Å². The Kier molecular flexibility index (Phi) is 5.54. The molecular weight excluding hydrogens is 390 g/mol. The lowest BCUT2D eigenvalue weighted by molar-refractivity contribution is -0.121. The number of nitrogens with one attached hydrogen (secondary N) is 1. The monoisotopic (exact) mass is 411 g/mol. The van der Waals surface area contributed by atoms with Crippen molar-refractivity contribution < 1.29 is 4.79 Å². The van der Waals surface area contributed by atoms with Crippen LogP contribution in [-0.2, 0) is 11.3 Å². The number of carbonyl (C=O) groups excluding carboxylic acids is 1. The summed E-state index contributed by atoms with van der Waals surface area (Å²) in [7, 11) is 0. The Morgan fingerprint density at radius 2 is 1.68 bits per heavy atom. The third-order valence-electron chi connectivity index (χ3n) is 4.69. The van der Waals surface area contributed by atoms with Crippen LogP contribution < -0.4 is 15.1 Å². The molecular formula is C21H21N3O2S2. The summed E-state index contributed by atoms with van der Waals surface area (Å²) in [6.07, 6.45) is 0.816. The number of fused-ring (bicyclic) bond motifs is 2. The molecule has 1 amide bonds. The first kappa shape index (κ1) is 18.8. The summed E-state index contributed by atoms with van der Waals surface area (Å²) in [6, 6.07) is 16.8. The molecule has 1 aliphatic heterocycles. The van der Waals surface area contributed by atoms with E-state index in [0.717, 1.165) is 30.0 Å². The third-order valence-corrected chi connectivity index (χ3v) is 6.70.